The number of unbranched alkanes of at least 4 members (excludes halogenated alkanes) is 1. The van der Waals surface area contributed by atoms with Crippen molar-refractivity contribution in [2.75, 3.05) is 6.54 Å². The first-order valence-electron chi connectivity index (χ1n) is 5.11. The van der Waals surface area contributed by atoms with E-state index in [1.54, 1.807) is 12.1 Å². The molecule has 0 bridgehead atoms. The van der Waals surface area contributed by atoms with Crippen LogP contribution in [0, 0.1) is 12.3 Å². The molecule has 1 rings (SSSR count). The zero-order chi connectivity index (χ0) is 11.1. The van der Waals surface area contributed by atoms with Crippen molar-refractivity contribution in [1.29, 1.82) is 0 Å². The SMILES string of the molecule is C#CCCCC(F)(CN)c1ccccc1. The van der Waals surface area contributed by atoms with Crippen molar-refractivity contribution in [3.05, 3.63) is 35.9 Å². The van der Waals surface area contributed by atoms with Crippen LogP contribution in [0.5, 0.6) is 0 Å². The Bertz CT molecular complexity index is 328. The molecule has 0 aliphatic carbocycles. The van der Waals surface area contributed by atoms with E-state index < -0.39 is 5.67 Å². The van der Waals surface area contributed by atoms with Crippen LogP contribution < -0.4 is 5.73 Å². The molecule has 0 saturated carbocycles. The third-order valence-corrected chi connectivity index (χ3v) is 2.51. The summed E-state index contributed by atoms with van der Waals surface area (Å²) in [7, 11) is 0. The van der Waals surface area contributed by atoms with Crippen LogP contribution in [0.2, 0.25) is 0 Å². The van der Waals surface area contributed by atoms with Gasteiger partial charge in [-0.2, -0.15) is 0 Å². The summed E-state index contributed by atoms with van der Waals surface area (Å²) in [5.74, 6) is 2.51. The summed E-state index contributed by atoms with van der Waals surface area (Å²) < 4.78 is 14.4. The quantitative estimate of drug-likeness (QED) is 0.580. The molecule has 0 amide bonds. The highest BCUT2D eigenvalue weighted by molar-refractivity contribution is 5.22. The topological polar surface area (TPSA) is 26.0 Å². The fourth-order valence-corrected chi connectivity index (χ4v) is 1.57. The van der Waals surface area contributed by atoms with Crippen molar-refractivity contribution in [2.45, 2.75) is 24.9 Å². The molecule has 2 N–H and O–H groups in total. The van der Waals surface area contributed by atoms with E-state index in [0.29, 0.717) is 24.8 Å². The van der Waals surface area contributed by atoms with Crippen LogP contribution >= 0.6 is 0 Å². The summed E-state index contributed by atoms with van der Waals surface area (Å²) in [6.45, 7) is 0.00157. The van der Waals surface area contributed by atoms with Gasteiger partial charge in [0.25, 0.3) is 0 Å². The van der Waals surface area contributed by atoms with Crippen LogP contribution in [0.4, 0.5) is 4.39 Å². The predicted octanol–water partition coefficient (Wildman–Crippen LogP) is 2.61. The molecule has 0 aliphatic rings. The molecule has 1 aromatic carbocycles. The van der Waals surface area contributed by atoms with Crippen LogP contribution in [-0.4, -0.2) is 6.54 Å². The van der Waals surface area contributed by atoms with Gasteiger partial charge in [0.05, 0.1) is 0 Å². The molecule has 80 valence electrons. The van der Waals surface area contributed by atoms with Gasteiger partial charge in [-0.05, 0) is 18.4 Å². The number of rotatable bonds is 5. The number of halogens is 1. The highest BCUT2D eigenvalue weighted by Crippen LogP contribution is 2.30. The maximum atomic E-state index is 14.4. The minimum absolute atomic E-state index is 0.00157. The van der Waals surface area contributed by atoms with Gasteiger partial charge in [0.1, 0.15) is 5.67 Å². The first kappa shape index (κ1) is 11.7. The van der Waals surface area contributed by atoms with Crippen LogP contribution in [0.25, 0.3) is 0 Å². The van der Waals surface area contributed by atoms with Crippen molar-refractivity contribution in [3.8, 4) is 12.3 Å². The van der Waals surface area contributed by atoms with Gasteiger partial charge >= 0.3 is 0 Å². The Hall–Kier alpha value is -1.33. The fourth-order valence-electron chi connectivity index (χ4n) is 1.57. The molecule has 15 heavy (non-hydrogen) atoms. The van der Waals surface area contributed by atoms with E-state index in [1.807, 2.05) is 18.2 Å². The largest absolute Gasteiger partial charge is 0.327 e. The van der Waals surface area contributed by atoms with Crippen LogP contribution in [0.3, 0.4) is 0 Å². The van der Waals surface area contributed by atoms with Crippen molar-refractivity contribution >= 4 is 0 Å². The van der Waals surface area contributed by atoms with Gasteiger partial charge in [0.2, 0.25) is 0 Å². The lowest BCUT2D eigenvalue weighted by Gasteiger charge is -2.23. The summed E-state index contributed by atoms with van der Waals surface area (Å²) in [5, 5.41) is 0. The molecule has 1 atom stereocenters. The van der Waals surface area contributed by atoms with E-state index in [2.05, 4.69) is 5.92 Å². The highest BCUT2D eigenvalue weighted by atomic mass is 19.1. The number of alkyl halides is 1. The van der Waals surface area contributed by atoms with E-state index in [-0.39, 0.29) is 6.54 Å². The number of benzene rings is 1. The fraction of sp³-hybridized carbons (Fsp3) is 0.385. The lowest BCUT2D eigenvalue weighted by molar-refractivity contribution is 0.158. The second-order valence-electron chi connectivity index (χ2n) is 3.59. The Labute approximate surface area is 90.5 Å². The van der Waals surface area contributed by atoms with Crippen LogP contribution in [-0.2, 0) is 5.67 Å². The molecule has 1 nitrogen and oxygen atoms in total. The summed E-state index contributed by atoms with van der Waals surface area (Å²) in [6, 6.07) is 9.04. The number of hydrogen-bond donors (Lipinski definition) is 1. The zero-order valence-corrected chi connectivity index (χ0v) is 8.75. The second kappa shape index (κ2) is 5.53. The molecule has 0 aromatic heterocycles. The van der Waals surface area contributed by atoms with E-state index in [0.717, 1.165) is 0 Å². The summed E-state index contributed by atoms with van der Waals surface area (Å²) in [6.07, 6.45) is 6.78. The molecule has 0 saturated heterocycles. The Morgan fingerprint density at radius 3 is 2.53 bits per heavy atom. The van der Waals surface area contributed by atoms with Gasteiger partial charge in [-0.3, -0.25) is 0 Å². The van der Waals surface area contributed by atoms with Gasteiger partial charge in [0.15, 0.2) is 0 Å². The lowest BCUT2D eigenvalue weighted by Crippen LogP contribution is -2.30. The number of hydrogen-bond acceptors (Lipinski definition) is 1. The Balaban J connectivity index is 2.73. The maximum absolute atomic E-state index is 14.4. The summed E-state index contributed by atoms with van der Waals surface area (Å²) in [4.78, 5) is 0. The Morgan fingerprint density at radius 2 is 2.00 bits per heavy atom. The first-order valence-corrected chi connectivity index (χ1v) is 5.11. The van der Waals surface area contributed by atoms with Crippen LogP contribution in [0.15, 0.2) is 30.3 Å². The van der Waals surface area contributed by atoms with Gasteiger partial charge in [-0.25, -0.2) is 4.39 Å². The van der Waals surface area contributed by atoms with E-state index >= 15 is 0 Å². The number of terminal acetylenes is 1. The standard InChI is InChI=1S/C13H16FN/c1-2-3-7-10-13(14,11-15)12-8-5-4-6-9-12/h1,4-6,8-9H,3,7,10-11,15H2. The Kier molecular flexibility index (Phi) is 4.33. The van der Waals surface area contributed by atoms with E-state index in [1.165, 1.54) is 0 Å². The molecular formula is C13H16FN. The highest BCUT2D eigenvalue weighted by Gasteiger charge is 2.29. The normalized spacial score (nSPS) is 14.2. The first-order chi connectivity index (χ1) is 7.23. The summed E-state index contributed by atoms with van der Waals surface area (Å²) in [5.41, 5.74) is 4.71. The average Bonchev–Trinajstić information content (AvgIpc) is 2.30. The molecule has 0 fully saturated rings. The van der Waals surface area contributed by atoms with Crippen molar-refractivity contribution < 1.29 is 4.39 Å². The Morgan fingerprint density at radius 1 is 1.33 bits per heavy atom. The lowest BCUT2D eigenvalue weighted by atomic mass is 9.90. The van der Waals surface area contributed by atoms with Gasteiger partial charge < -0.3 is 5.73 Å². The predicted molar refractivity (Wildman–Crippen MR) is 61.0 cm³/mol. The van der Waals surface area contributed by atoms with Gasteiger partial charge in [-0.1, -0.05) is 30.3 Å². The van der Waals surface area contributed by atoms with Gasteiger partial charge in [0, 0.05) is 13.0 Å². The minimum atomic E-state index is -1.43. The summed E-state index contributed by atoms with van der Waals surface area (Å²) >= 11 is 0. The van der Waals surface area contributed by atoms with E-state index in [9.17, 15) is 4.39 Å². The molecule has 1 unspecified atom stereocenters. The van der Waals surface area contributed by atoms with Gasteiger partial charge in [-0.15, -0.1) is 12.3 Å². The molecule has 2 heteroatoms. The molecule has 0 aliphatic heterocycles. The van der Waals surface area contributed by atoms with E-state index in [4.69, 9.17) is 12.2 Å². The smallest absolute Gasteiger partial charge is 0.148 e. The molecule has 0 radical (unpaired) electrons. The molecular weight excluding hydrogens is 189 g/mol. The molecule has 0 heterocycles. The second-order valence-corrected chi connectivity index (χ2v) is 3.59. The van der Waals surface area contributed by atoms with Crippen molar-refractivity contribution in [2.24, 2.45) is 5.73 Å². The monoisotopic (exact) mass is 205 g/mol. The number of nitrogens with two attached hydrogens (primary N) is 1. The van der Waals surface area contributed by atoms with Crippen molar-refractivity contribution in [3.63, 3.8) is 0 Å². The zero-order valence-electron chi connectivity index (χ0n) is 8.75. The minimum Gasteiger partial charge on any atom is -0.327 e. The molecule has 1 aromatic rings. The van der Waals surface area contributed by atoms with Crippen LogP contribution in [0.1, 0.15) is 24.8 Å². The average molecular weight is 205 g/mol. The van der Waals surface area contributed by atoms with Crippen molar-refractivity contribution in [1.82, 2.24) is 0 Å². The third kappa shape index (κ3) is 3.07. The molecule has 0 spiro atoms. The third-order valence-electron chi connectivity index (χ3n) is 2.51. The maximum Gasteiger partial charge on any atom is 0.148 e.